The number of aromatic nitrogens is 4. The number of rotatable bonds is 4. The molecule has 7 heteroatoms. The molecule has 1 aliphatic rings. The lowest BCUT2D eigenvalue weighted by Gasteiger charge is -2.17. The van der Waals surface area contributed by atoms with E-state index >= 15 is 0 Å². The van der Waals surface area contributed by atoms with Crippen molar-refractivity contribution in [2.75, 3.05) is 11.4 Å². The van der Waals surface area contributed by atoms with Crippen LogP contribution in [0.2, 0.25) is 0 Å². The monoisotopic (exact) mass is 427 g/mol. The van der Waals surface area contributed by atoms with Crippen LogP contribution in [0, 0.1) is 13.8 Å². The molecule has 0 N–H and O–H groups in total. The fourth-order valence-electron chi connectivity index (χ4n) is 4.24. The highest BCUT2D eigenvalue weighted by atomic mass is 16.2. The number of aryl methyl sites for hydroxylation is 3. The van der Waals surface area contributed by atoms with Crippen LogP contribution < -0.4 is 16.1 Å². The molecule has 0 atom stereocenters. The highest BCUT2D eigenvalue weighted by Gasteiger charge is 2.28. The van der Waals surface area contributed by atoms with Crippen LogP contribution in [0.1, 0.15) is 16.7 Å². The maximum atomic E-state index is 13.3. The van der Waals surface area contributed by atoms with Crippen LogP contribution in [0.15, 0.2) is 64.2 Å². The SMILES string of the molecule is Cc1ccc(N2CCn3c2nc2c3c(=O)n(C/C=C\c3ccccc3)c(=O)n2C)cc1C. The second-order valence-corrected chi connectivity index (χ2v) is 8.23. The van der Waals surface area contributed by atoms with Gasteiger partial charge in [-0.3, -0.25) is 13.9 Å². The molecule has 0 bridgehead atoms. The van der Waals surface area contributed by atoms with E-state index in [1.54, 1.807) is 7.05 Å². The summed E-state index contributed by atoms with van der Waals surface area (Å²) in [7, 11) is 1.67. The maximum Gasteiger partial charge on any atom is 0.332 e. The Hall–Kier alpha value is -3.87. The Morgan fingerprint density at radius 2 is 1.78 bits per heavy atom. The molecule has 5 rings (SSSR count). The zero-order valence-electron chi connectivity index (χ0n) is 18.4. The fourth-order valence-corrected chi connectivity index (χ4v) is 4.24. The molecule has 1 aliphatic heterocycles. The number of hydrogen-bond acceptors (Lipinski definition) is 4. The number of benzene rings is 2. The molecule has 0 amide bonds. The summed E-state index contributed by atoms with van der Waals surface area (Å²) in [6, 6.07) is 16.1. The Balaban J connectivity index is 1.58. The fraction of sp³-hybridized carbons (Fsp3) is 0.240. The highest BCUT2D eigenvalue weighted by molar-refractivity contribution is 5.78. The van der Waals surface area contributed by atoms with Gasteiger partial charge in [0.05, 0.1) is 0 Å². The van der Waals surface area contributed by atoms with Crippen molar-refractivity contribution in [3.63, 3.8) is 0 Å². The summed E-state index contributed by atoms with van der Waals surface area (Å²) < 4.78 is 4.68. The summed E-state index contributed by atoms with van der Waals surface area (Å²) in [5.74, 6) is 0.702. The highest BCUT2D eigenvalue weighted by Crippen LogP contribution is 2.32. The van der Waals surface area contributed by atoms with Crippen LogP contribution in [0.3, 0.4) is 0 Å². The van der Waals surface area contributed by atoms with Gasteiger partial charge in [0.1, 0.15) is 0 Å². The second kappa shape index (κ2) is 7.67. The molecule has 0 aliphatic carbocycles. The minimum atomic E-state index is -0.366. The molecule has 2 aromatic carbocycles. The number of imidazole rings is 1. The zero-order chi connectivity index (χ0) is 22.4. The van der Waals surface area contributed by atoms with Crippen molar-refractivity contribution < 1.29 is 0 Å². The molecule has 2 aromatic heterocycles. The molecular weight excluding hydrogens is 402 g/mol. The average Bonchev–Trinajstić information content (AvgIpc) is 3.37. The van der Waals surface area contributed by atoms with Gasteiger partial charge in [-0.2, -0.15) is 4.98 Å². The predicted octanol–water partition coefficient (Wildman–Crippen LogP) is 3.38. The molecule has 0 radical (unpaired) electrons. The molecule has 0 unspecified atom stereocenters. The second-order valence-electron chi connectivity index (χ2n) is 8.23. The minimum absolute atomic E-state index is 0.206. The number of nitrogens with zero attached hydrogens (tertiary/aromatic N) is 5. The Bertz CT molecular complexity index is 1470. The Labute approximate surface area is 185 Å². The number of anilines is 2. The number of allylic oxidation sites excluding steroid dienone is 1. The van der Waals surface area contributed by atoms with Crippen molar-refractivity contribution in [2.45, 2.75) is 26.9 Å². The topological polar surface area (TPSA) is 65.1 Å². The van der Waals surface area contributed by atoms with Gasteiger partial charge >= 0.3 is 5.69 Å². The van der Waals surface area contributed by atoms with Gasteiger partial charge in [0, 0.05) is 32.4 Å². The Morgan fingerprint density at radius 3 is 2.53 bits per heavy atom. The lowest BCUT2D eigenvalue weighted by Crippen LogP contribution is -2.39. The Morgan fingerprint density at radius 1 is 1.00 bits per heavy atom. The molecule has 0 saturated carbocycles. The summed E-state index contributed by atoms with van der Waals surface area (Å²) >= 11 is 0. The molecule has 0 spiro atoms. The van der Waals surface area contributed by atoms with Gasteiger partial charge in [-0.15, -0.1) is 0 Å². The van der Waals surface area contributed by atoms with Crippen molar-refractivity contribution in [3.05, 3.63) is 92.1 Å². The van der Waals surface area contributed by atoms with Gasteiger partial charge in [0.25, 0.3) is 5.56 Å². The first-order valence-corrected chi connectivity index (χ1v) is 10.7. The largest absolute Gasteiger partial charge is 0.332 e. The molecular formula is C25H25N5O2. The van der Waals surface area contributed by atoms with Crippen molar-refractivity contribution in [1.29, 1.82) is 0 Å². The van der Waals surface area contributed by atoms with Gasteiger partial charge in [-0.1, -0.05) is 48.6 Å². The third kappa shape index (κ3) is 3.17. The smallest absolute Gasteiger partial charge is 0.310 e. The van der Waals surface area contributed by atoms with E-state index in [0.717, 1.165) is 17.8 Å². The van der Waals surface area contributed by atoms with Gasteiger partial charge < -0.3 is 9.47 Å². The van der Waals surface area contributed by atoms with Gasteiger partial charge in [0.15, 0.2) is 11.2 Å². The number of fused-ring (bicyclic) bond motifs is 3. The lowest BCUT2D eigenvalue weighted by molar-refractivity contribution is 0.663. The van der Waals surface area contributed by atoms with E-state index in [2.05, 4.69) is 36.9 Å². The first kappa shape index (κ1) is 20.1. The predicted molar refractivity (Wildman–Crippen MR) is 128 cm³/mol. The van der Waals surface area contributed by atoms with Gasteiger partial charge in [0.2, 0.25) is 5.95 Å². The van der Waals surface area contributed by atoms with Crippen molar-refractivity contribution in [2.24, 2.45) is 7.05 Å². The molecule has 32 heavy (non-hydrogen) atoms. The molecule has 0 fully saturated rings. The van der Waals surface area contributed by atoms with E-state index in [4.69, 9.17) is 4.98 Å². The normalized spacial score (nSPS) is 13.4. The van der Waals surface area contributed by atoms with Crippen LogP contribution in [0.25, 0.3) is 17.2 Å². The average molecular weight is 428 g/mol. The van der Waals surface area contributed by atoms with Crippen LogP contribution in [0.5, 0.6) is 0 Å². The maximum absolute atomic E-state index is 13.3. The van der Waals surface area contributed by atoms with Gasteiger partial charge in [-0.05, 0) is 42.7 Å². The van der Waals surface area contributed by atoms with E-state index < -0.39 is 0 Å². The van der Waals surface area contributed by atoms with Gasteiger partial charge in [-0.25, -0.2) is 4.79 Å². The molecule has 3 heterocycles. The summed E-state index contributed by atoms with van der Waals surface area (Å²) in [5, 5.41) is 0. The van der Waals surface area contributed by atoms with Crippen molar-refractivity contribution >= 4 is 28.9 Å². The first-order chi connectivity index (χ1) is 15.5. The van der Waals surface area contributed by atoms with Crippen molar-refractivity contribution in [1.82, 2.24) is 18.7 Å². The van der Waals surface area contributed by atoms with E-state index in [0.29, 0.717) is 23.7 Å². The summed E-state index contributed by atoms with van der Waals surface area (Å²) in [6.45, 7) is 5.76. The quantitative estimate of drug-likeness (QED) is 0.501. The van der Waals surface area contributed by atoms with Crippen LogP contribution in [-0.4, -0.2) is 25.2 Å². The zero-order valence-corrected chi connectivity index (χ0v) is 18.4. The van der Waals surface area contributed by atoms with Crippen LogP contribution in [-0.2, 0) is 20.1 Å². The summed E-state index contributed by atoms with van der Waals surface area (Å²) in [5.41, 5.74) is 4.72. The molecule has 162 valence electrons. The Kier molecular flexibility index (Phi) is 4.81. The van der Waals surface area contributed by atoms with Crippen LogP contribution in [0.4, 0.5) is 11.6 Å². The van der Waals surface area contributed by atoms with E-state index in [1.165, 1.54) is 20.3 Å². The third-order valence-electron chi connectivity index (χ3n) is 6.20. The van der Waals surface area contributed by atoms with E-state index in [9.17, 15) is 9.59 Å². The lowest BCUT2D eigenvalue weighted by atomic mass is 10.1. The summed E-state index contributed by atoms with van der Waals surface area (Å²) in [6.07, 6.45) is 3.75. The van der Waals surface area contributed by atoms with E-state index in [1.807, 2.05) is 47.1 Å². The van der Waals surface area contributed by atoms with Crippen molar-refractivity contribution in [3.8, 4) is 0 Å². The van der Waals surface area contributed by atoms with Crippen LogP contribution >= 0.6 is 0 Å². The molecule has 4 aromatic rings. The molecule has 0 saturated heterocycles. The number of hydrogen-bond donors (Lipinski definition) is 0. The standard InChI is InChI=1S/C25H25N5O2/c1-17-11-12-20(16-18(17)2)28-14-15-29-21-22(26-24(28)29)27(3)25(32)30(23(21)31)13-7-10-19-8-5-4-6-9-19/h4-12,16H,13-15H2,1-3H3/b10-7-. The van der Waals surface area contributed by atoms with E-state index in [-0.39, 0.29) is 17.8 Å². The summed E-state index contributed by atoms with van der Waals surface area (Å²) in [4.78, 5) is 33.1. The third-order valence-corrected chi connectivity index (χ3v) is 6.20. The first-order valence-electron chi connectivity index (χ1n) is 10.7. The minimum Gasteiger partial charge on any atom is -0.310 e. The molecule has 7 nitrogen and oxygen atoms in total.